The van der Waals surface area contributed by atoms with Crippen molar-refractivity contribution in [3.8, 4) is 0 Å². The van der Waals surface area contributed by atoms with E-state index in [1.165, 1.54) is 11.1 Å². The third-order valence-electron chi connectivity index (χ3n) is 4.66. The Hall–Kier alpha value is -2.18. The molecule has 6 heteroatoms. The number of aromatic nitrogens is 4. The lowest BCUT2D eigenvalue weighted by Crippen LogP contribution is -2.40. The number of imidazole rings is 1. The molecule has 0 unspecified atom stereocenters. The zero-order chi connectivity index (χ0) is 15.8. The summed E-state index contributed by atoms with van der Waals surface area (Å²) in [6.45, 7) is 5.23. The number of benzene rings is 1. The van der Waals surface area contributed by atoms with E-state index in [1.54, 1.807) is 0 Å². The Labute approximate surface area is 135 Å². The van der Waals surface area contributed by atoms with E-state index in [9.17, 15) is 0 Å². The fourth-order valence-electron chi connectivity index (χ4n) is 3.31. The molecule has 0 amide bonds. The molecule has 1 fully saturated rings. The number of hydrogen-bond acceptors (Lipinski definition) is 4. The fourth-order valence-corrected chi connectivity index (χ4v) is 3.31. The maximum atomic E-state index is 5.70. The number of H-pyrrole nitrogens is 1. The predicted octanol–water partition coefficient (Wildman–Crippen LogP) is 2.18. The highest BCUT2D eigenvalue weighted by atomic mass is 16.5. The van der Waals surface area contributed by atoms with Crippen LogP contribution in [0.3, 0.4) is 0 Å². The van der Waals surface area contributed by atoms with Gasteiger partial charge in [0.2, 0.25) is 0 Å². The minimum Gasteiger partial charge on any atom is -0.378 e. The second kappa shape index (κ2) is 5.79. The number of aromatic amines is 1. The van der Waals surface area contributed by atoms with Gasteiger partial charge in [0.05, 0.1) is 48.7 Å². The van der Waals surface area contributed by atoms with E-state index in [0.717, 1.165) is 36.7 Å². The topological polar surface area (TPSA) is 59.0 Å². The Kier molecular flexibility index (Phi) is 3.63. The minimum absolute atomic E-state index is 0.200. The largest absolute Gasteiger partial charge is 0.378 e. The smallest absolute Gasteiger partial charge is 0.123 e. The molecule has 0 saturated carbocycles. The van der Waals surface area contributed by atoms with Crippen LogP contribution in [0.2, 0.25) is 0 Å². The number of hydrogen-bond donors (Lipinski definition) is 1. The lowest BCUT2D eigenvalue weighted by molar-refractivity contribution is -0.0158. The third-order valence-corrected chi connectivity index (χ3v) is 4.66. The van der Waals surface area contributed by atoms with Crippen molar-refractivity contribution in [1.82, 2.24) is 24.6 Å². The van der Waals surface area contributed by atoms with Crippen molar-refractivity contribution >= 4 is 11.0 Å². The van der Waals surface area contributed by atoms with Gasteiger partial charge in [-0.1, -0.05) is 12.1 Å². The van der Waals surface area contributed by atoms with E-state index in [1.807, 2.05) is 12.3 Å². The molecule has 1 N–H and O–H groups in total. The highest BCUT2D eigenvalue weighted by molar-refractivity contribution is 5.75. The van der Waals surface area contributed by atoms with Crippen molar-refractivity contribution in [1.29, 1.82) is 0 Å². The van der Waals surface area contributed by atoms with Gasteiger partial charge in [0.1, 0.15) is 5.82 Å². The van der Waals surface area contributed by atoms with Gasteiger partial charge in [0.25, 0.3) is 0 Å². The van der Waals surface area contributed by atoms with Crippen LogP contribution in [0.25, 0.3) is 11.0 Å². The second-order valence-corrected chi connectivity index (χ2v) is 6.10. The zero-order valence-electron chi connectivity index (χ0n) is 13.5. The first-order valence-corrected chi connectivity index (χ1v) is 7.96. The lowest BCUT2D eigenvalue weighted by Gasteiger charge is -2.35. The summed E-state index contributed by atoms with van der Waals surface area (Å²) in [6.07, 6.45) is 1.87. The average Bonchev–Trinajstić information content (AvgIpc) is 3.13. The van der Waals surface area contributed by atoms with Crippen molar-refractivity contribution in [3.63, 3.8) is 0 Å². The molecule has 6 nitrogen and oxygen atoms in total. The van der Waals surface area contributed by atoms with Gasteiger partial charge in [-0.2, -0.15) is 5.10 Å². The number of nitrogens with one attached hydrogen (secondary N) is 1. The molecule has 1 aromatic carbocycles. The van der Waals surface area contributed by atoms with Gasteiger partial charge in [0.15, 0.2) is 0 Å². The van der Waals surface area contributed by atoms with Crippen LogP contribution in [0.4, 0.5) is 0 Å². The quantitative estimate of drug-likeness (QED) is 0.805. The maximum absolute atomic E-state index is 5.70. The van der Waals surface area contributed by atoms with E-state index >= 15 is 0 Å². The molecule has 2 aromatic heterocycles. The van der Waals surface area contributed by atoms with Gasteiger partial charge in [-0.3, -0.25) is 10.00 Å². The second-order valence-electron chi connectivity index (χ2n) is 6.10. The molecule has 23 heavy (non-hydrogen) atoms. The van der Waals surface area contributed by atoms with Gasteiger partial charge in [-0.25, -0.2) is 4.98 Å². The molecule has 0 bridgehead atoms. The van der Waals surface area contributed by atoms with Gasteiger partial charge in [-0.05, 0) is 24.6 Å². The number of morpholine rings is 1. The molecule has 120 valence electrons. The first kappa shape index (κ1) is 14.4. The number of aryl methyl sites for hydroxylation is 2. The van der Waals surface area contributed by atoms with Gasteiger partial charge in [-0.15, -0.1) is 0 Å². The summed E-state index contributed by atoms with van der Waals surface area (Å²) in [5, 5.41) is 7.30. The molecule has 1 aliphatic heterocycles. The van der Waals surface area contributed by atoms with Crippen molar-refractivity contribution in [2.45, 2.75) is 19.5 Å². The Bertz CT molecular complexity index is 821. The highest BCUT2D eigenvalue weighted by Gasteiger charge is 2.28. The Morgan fingerprint density at radius 1 is 1.35 bits per heavy atom. The Balaban J connectivity index is 1.65. The average molecular weight is 311 g/mol. The molecule has 0 spiro atoms. The molecule has 1 atom stereocenters. The molecule has 0 radical (unpaired) electrons. The molecule has 0 aliphatic carbocycles. The van der Waals surface area contributed by atoms with Crippen LogP contribution >= 0.6 is 0 Å². The van der Waals surface area contributed by atoms with Gasteiger partial charge >= 0.3 is 0 Å². The standard InChI is InChI=1S/C17H21N5O/c1-12-9-18-20-17(12)15-11-23-8-7-22(15)10-16-19-13-5-3-4-6-14(13)21(16)2/h3-6,9,15H,7-8,10-11H2,1-2H3,(H,18,20)/t15-/m1/s1. The summed E-state index contributed by atoms with van der Waals surface area (Å²) < 4.78 is 7.88. The van der Waals surface area contributed by atoms with Crippen molar-refractivity contribution in [2.75, 3.05) is 19.8 Å². The minimum atomic E-state index is 0.200. The highest BCUT2D eigenvalue weighted by Crippen LogP contribution is 2.27. The molecule has 1 aliphatic rings. The van der Waals surface area contributed by atoms with E-state index in [4.69, 9.17) is 9.72 Å². The molecule has 1 saturated heterocycles. The summed E-state index contributed by atoms with van der Waals surface area (Å²) in [5.74, 6) is 1.08. The lowest BCUT2D eigenvalue weighted by atomic mass is 10.1. The number of ether oxygens (including phenoxy) is 1. The van der Waals surface area contributed by atoms with Crippen molar-refractivity contribution in [3.05, 3.63) is 47.5 Å². The van der Waals surface area contributed by atoms with E-state index in [2.05, 4.69) is 51.8 Å². The first-order chi connectivity index (χ1) is 11.2. The predicted molar refractivity (Wildman–Crippen MR) is 88.0 cm³/mol. The Morgan fingerprint density at radius 3 is 3.00 bits per heavy atom. The van der Waals surface area contributed by atoms with Crippen molar-refractivity contribution < 1.29 is 4.74 Å². The van der Waals surface area contributed by atoms with Crippen LogP contribution in [0.15, 0.2) is 30.5 Å². The van der Waals surface area contributed by atoms with Gasteiger partial charge in [0, 0.05) is 13.6 Å². The molecule has 4 rings (SSSR count). The number of rotatable bonds is 3. The Morgan fingerprint density at radius 2 is 2.22 bits per heavy atom. The summed E-state index contributed by atoms with van der Waals surface area (Å²) in [7, 11) is 2.08. The van der Waals surface area contributed by atoms with Crippen LogP contribution in [0.1, 0.15) is 23.1 Å². The van der Waals surface area contributed by atoms with Crippen LogP contribution in [-0.4, -0.2) is 44.4 Å². The van der Waals surface area contributed by atoms with E-state index in [0.29, 0.717) is 6.61 Å². The van der Waals surface area contributed by atoms with Crippen LogP contribution in [0, 0.1) is 6.92 Å². The molecule has 3 aromatic rings. The SMILES string of the molecule is Cc1cn[nH]c1[C@H]1COCCN1Cc1nc2ccccc2n1C. The zero-order valence-corrected chi connectivity index (χ0v) is 13.5. The van der Waals surface area contributed by atoms with E-state index < -0.39 is 0 Å². The molecular weight excluding hydrogens is 290 g/mol. The van der Waals surface area contributed by atoms with E-state index in [-0.39, 0.29) is 6.04 Å². The summed E-state index contributed by atoms with van der Waals surface area (Å²) in [5.41, 5.74) is 4.54. The number of fused-ring (bicyclic) bond motifs is 1. The summed E-state index contributed by atoms with van der Waals surface area (Å²) >= 11 is 0. The van der Waals surface area contributed by atoms with Crippen LogP contribution in [0.5, 0.6) is 0 Å². The first-order valence-electron chi connectivity index (χ1n) is 7.96. The van der Waals surface area contributed by atoms with Gasteiger partial charge < -0.3 is 9.30 Å². The summed E-state index contributed by atoms with van der Waals surface area (Å²) in [6, 6.07) is 8.46. The normalized spacial score (nSPS) is 19.5. The third kappa shape index (κ3) is 2.54. The maximum Gasteiger partial charge on any atom is 0.123 e. The molecular formula is C17H21N5O. The summed E-state index contributed by atoms with van der Waals surface area (Å²) in [4.78, 5) is 7.22. The van der Waals surface area contributed by atoms with Crippen molar-refractivity contribution in [2.24, 2.45) is 7.05 Å². The monoisotopic (exact) mass is 311 g/mol. The van der Waals surface area contributed by atoms with Crippen LogP contribution in [-0.2, 0) is 18.3 Å². The fraction of sp³-hybridized carbons (Fsp3) is 0.412. The van der Waals surface area contributed by atoms with Crippen LogP contribution < -0.4 is 0 Å². The molecule has 3 heterocycles. The number of nitrogens with zero attached hydrogens (tertiary/aromatic N) is 4. The number of para-hydroxylation sites is 2.